The summed E-state index contributed by atoms with van der Waals surface area (Å²) in [6.07, 6.45) is 21.0. The van der Waals surface area contributed by atoms with E-state index >= 15 is 0 Å². The molecule has 0 unspecified atom stereocenters. The van der Waals surface area contributed by atoms with Gasteiger partial charge < -0.3 is 4.74 Å². The number of hydrogen-bond acceptors (Lipinski definition) is 2. The molecule has 0 aliphatic heterocycles. The smallest absolute Gasteiger partial charge is 0.311 e. The first-order chi connectivity index (χ1) is 14.0. The third-order valence-electron chi connectivity index (χ3n) is 4.84. The molecule has 0 saturated heterocycles. The van der Waals surface area contributed by atoms with Crippen LogP contribution >= 0.6 is 34.8 Å². The Bertz CT molecular complexity index is 614. The van der Waals surface area contributed by atoms with Crippen LogP contribution in [0, 0.1) is 0 Å². The maximum absolute atomic E-state index is 11.9. The first-order valence-corrected chi connectivity index (χ1v) is 12.2. The van der Waals surface area contributed by atoms with Crippen LogP contribution in [-0.2, 0) is 4.79 Å². The molecule has 0 fully saturated rings. The van der Waals surface area contributed by atoms with Crippen molar-refractivity contribution in [3.8, 4) is 5.75 Å². The number of hydrogen-bond donors (Lipinski definition) is 0. The van der Waals surface area contributed by atoms with Gasteiger partial charge in [-0.3, -0.25) is 4.79 Å². The normalized spacial score (nSPS) is 11.3. The Morgan fingerprint density at radius 3 is 1.90 bits per heavy atom. The number of unbranched alkanes of at least 4 members (excludes halogenated alkanes) is 11. The lowest BCUT2D eigenvalue weighted by molar-refractivity contribution is -0.134. The molecule has 0 aromatic heterocycles. The Morgan fingerprint density at radius 2 is 1.28 bits per heavy atom. The van der Waals surface area contributed by atoms with E-state index in [0.29, 0.717) is 16.5 Å². The van der Waals surface area contributed by atoms with Gasteiger partial charge in [0.25, 0.3) is 0 Å². The summed E-state index contributed by atoms with van der Waals surface area (Å²) in [5.74, 6) is -0.0262. The Labute approximate surface area is 191 Å². The van der Waals surface area contributed by atoms with Gasteiger partial charge in [-0.25, -0.2) is 0 Å². The van der Waals surface area contributed by atoms with E-state index < -0.39 is 0 Å². The zero-order chi connectivity index (χ0) is 21.3. The second-order valence-corrected chi connectivity index (χ2v) is 8.73. The molecule has 2 nitrogen and oxygen atoms in total. The van der Waals surface area contributed by atoms with Crippen LogP contribution in [0.25, 0.3) is 0 Å². The van der Waals surface area contributed by atoms with Crippen LogP contribution in [0.2, 0.25) is 15.1 Å². The van der Waals surface area contributed by atoms with Gasteiger partial charge in [0, 0.05) is 12.5 Å². The number of carbonyl (C=O) groups excluding carboxylic acids is 1. The van der Waals surface area contributed by atoms with Crippen LogP contribution in [0.1, 0.15) is 96.8 Å². The van der Waals surface area contributed by atoms with Crippen LogP contribution in [0.3, 0.4) is 0 Å². The summed E-state index contributed by atoms with van der Waals surface area (Å²) >= 11 is 17.8. The molecular weight excluding hydrogens is 427 g/mol. The summed E-state index contributed by atoms with van der Waals surface area (Å²) in [5, 5.41) is 0.950. The summed E-state index contributed by atoms with van der Waals surface area (Å²) in [6, 6.07) is 2.96. The fraction of sp³-hybridized carbons (Fsp3) is 0.625. The maximum atomic E-state index is 11.9. The highest BCUT2D eigenvalue weighted by Gasteiger charge is 2.11. The van der Waals surface area contributed by atoms with Crippen molar-refractivity contribution in [3.63, 3.8) is 0 Å². The van der Waals surface area contributed by atoms with Crippen molar-refractivity contribution < 1.29 is 9.53 Å². The van der Waals surface area contributed by atoms with Gasteiger partial charge in [0.1, 0.15) is 0 Å². The van der Waals surface area contributed by atoms with Gasteiger partial charge in [-0.2, -0.15) is 0 Å². The monoisotopic (exact) mass is 460 g/mol. The van der Waals surface area contributed by atoms with E-state index in [1.54, 1.807) is 0 Å². The fourth-order valence-corrected chi connectivity index (χ4v) is 3.67. The average molecular weight is 462 g/mol. The predicted octanol–water partition coefficient (Wildman–Crippen LogP) is 9.59. The number of rotatable bonds is 16. The molecule has 0 atom stereocenters. The quantitative estimate of drug-likeness (QED) is 0.0805. The van der Waals surface area contributed by atoms with Crippen LogP contribution in [-0.4, -0.2) is 5.97 Å². The largest absolute Gasteiger partial charge is 0.425 e. The number of allylic oxidation sites excluding steroid dienone is 2. The van der Waals surface area contributed by atoms with Crippen molar-refractivity contribution in [2.24, 2.45) is 0 Å². The first-order valence-electron chi connectivity index (χ1n) is 11.0. The van der Waals surface area contributed by atoms with Crippen molar-refractivity contribution in [2.45, 2.75) is 96.8 Å². The molecule has 0 amide bonds. The van der Waals surface area contributed by atoms with Crippen LogP contribution in [0.4, 0.5) is 0 Å². The Kier molecular flexibility index (Phi) is 15.5. The van der Waals surface area contributed by atoms with Crippen LogP contribution in [0.15, 0.2) is 24.3 Å². The lowest BCUT2D eigenvalue weighted by Crippen LogP contribution is -2.07. The molecule has 0 aliphatic rings. The van der Waals surface area contributed by atoms with Crippen molar-refractivity contribution in [1.82, 2.24) is 0 Å². The fourth-order valence-electron chi connectivity index (χ4n) is 3.10. The summed E-state index contributed by atoms with van der Waals surface area (Å²) in [6.45, 7) is 2.26. The van der Waals surface area contributed by atoms with E-state index in [0.717, 1.165) is 25.7 Å². The maximum Gasteiger partial charge on any atom is 0.311 e. The van der Waals surface area contributed by atoms with E-state index in [2.05, 4.69) is 19.1 Å². The van der Waals surface area contributed by atoms with Crippen LogP contribution < -0.4 is 4.74 Å². The number of esters is 1. The van der Waals surface area contributed by atoms with Gasteiger partial charge in [0.05, 0.1) is 15.1 Å². The molecule has 0 bridgehead atoms. The van der Waals surface area contributed by atoms with Gasteiger partial charge in [-0.05, 0) is 38.2 Å². The topological polar surface area (TPSA) is 26.3 Å². The van der Waals surface area contributed by atoms with E-state index in [4.69, 9.17) is 39.5 Å². The van der Waals surface area contributed by atoms with Gasteiger partial charge in [-0.1, -0.05) is 105 Å². The van der Waals surface area contributed by atoms with Gasteiger partial charge >= 0.3 is 5.97 Å². The Hall–Kier alpha value is -0.700. The highest BCUT2D eigenvalue weighted by atomic mass is 35.5. The minimum absolute atomic E-state index is 0.263. The van der Waals surface area contributed by atoms with Gasteiger partial charge in [0.2, 0.25) is 0 Å². The molecule has 1 rings (SSSR count). The van der Waals surface area contributed by atoms with Crippen molar-refractivity contribution in [1.29, 1.82) is 0 Å². The molecule has 0 N–H and O–H groups in total. The molecular formula is C24H35Cl3O2. The summed E-state index contributed by atoms with van der Waals surface area (Å²) in [7, 11) is 0. The molecule has 1 aromatic rings. The zero-order valence-electron chi connectivity index (χ0n) is 17.7. The minimum Gasteiger partial charge on any atom is -0.425 e. The van der Waals surface area contributed by atoms with E-state index in [1.807, 2.05) is 0 Å². The zero-order valence-corrected chi connectivity index (χ0v) is 19.9. The minimum atomic E-state index is -0.289. The summed E-state index contributed by atoms with van der Waals surface area (Å²) < 4.78 is 5.28. The predicted molar refractivity (Wildman–Crippen MR) is 127 cm³/mol. The van der Waals surface area contributed by atoms with E-state index in [1.165, 1.54) is 69.9 Å². The second-order valence-electron chi connectivity index (χ2n) is 7.51. The molecule has 1 aromatic carbocycles. The lowest BCUT2D eigenvalue weighted by Gasteiger charge is -2.07. The molecule has 29 heavy (non-hydrogen) atoms. The standard InChI is InChI=1S/C24H35Cl3O2/c1-2-3-4-5-6-7-8-9-10-11-12-13-14-15-16-17-24(28)29-23-19-21(26)20(25)18-22(23)27/h9-10,18-19H,2-8,11-17H2,1H3/b10-9-. The summed E-state index contributed by atoms with van der Waals surface area (Å²) in [5.41, 5.74) is 0. The lowest BCUT2D eigenvalue weighted by atomic mass is 10.1. The van der Waals surface area contributed by atoms with Crippen LogP contribution in [0.5, 0.6) is 5.75 Å². The average Bonchev–Trinajstić information content (AvgIpc) is 2.69. The molecule has 0 heterocycles. The third-order valence-corrected chi connectivity index (χ3v) is 5.86. The molecule has 5 heteroatoms. The number of ether oxygens (including phenoxy) is 1. The van der Waals surface area contributed by atoms with Crippen molar-refractivity contribution >= 4 is 40.8 Å². The molecule has 164 valence electrons. The van der Waals surface area contributed by atoms with Gasteiger partial charge in [-0.15, -0.1) is 0 Å². The number of benzene rings is 1. The Morgan fingerprint density at radius 1 is 0.759 bits per heavy atom. The van der Waals surface area contributed by atoms with E-state index in [9.17, 15) is 4.79 Å². The third kappa shape index (κ3) is 13.3. The SMILES string of the molecule is CCCCCCCC/C=C\CCCCCCCC(=O)Oc1cc(Cl)c(Cl)cc1Cl. The summed E-state index contributed by atoms with van der Waals surface area (Å²) in [4.78, 5) is 11.9. The molecule has 0 radical (unpaired) electrons. The highest BCUT2D eigenvalue weighted by Crippen LogP contribution is 2.34. The highest BCUT2D eigenvalue weighted by molar-refractivity contribution is 6.43. The molecule has 0 saturated carbocycles. The molecule has 0 aliphatic carbocycles. The number of halogens is 3. The first kappa shape index (κ1) is 26.3. The van der Waals surface area contributed by atoms with Crippen molar-refractivity contribution in [3.05, 3.63) is 39.4 Å². The van der Waals surface area contributed by atoms with E-state index in [-0.39, 0.29) is 16.7 Å². The second kappa shape index (κ2) is 17.0. The Balaban J connectivity index is 1.97. The van der Waals surface area contributed by atoms with Crippen molar-refractivity contribution in [2.75, 3.05) is 0 Å². The number of carbonyl (C=O) groups is 1. The van der Waals surface area contributed by atoms with Gasteiger partial charge in [0.15, 0.2) is 5.75 Å². The molecule has 0 spiro atoms.